The van der Waals surface area contributed by atoms with Gasteiger partial charge in [-0.05, 0) is 119 Å². The molecule has 6 fully saturated rings. The zero-order valence-corrected chi connectivity index (χ0v) is 48.1. The first-order valence-electron chi connectivity index (χ1n) is 33.8. The monoisotopic (exact) mass is 1000 g/mol. The summed E-state index contributed by atoms with van der Waals surface area (Å²) >= 11 is 0. The zero-order chi connectivity index (χ0) is 50.4. The van der Waals surface area contributed by atoms with Crippen molar-refractivity contribution in [1.29, 1.82) is 0 Å². The fraction of sp³-hybridized carbons (Fsp3) is 0.956. The first kappa shape index (κ1) is 60.4. The van der Waals surface area contributed by atoms with Crippen LogP contribution in [0.5, 0.6) is 0 Å². The van der Waals surface area contributed by atoms with Gasteiger partial charge in [0.15, 0.2) is 0 Å². The van der Waals surface area contributed by atoms with E-state index in [1.165, 1.54) is 283 Å². The molecule has 0 aromatic rings. The SMILES string of the molecule is CC(=CC(C1CCCCCCCCC1)C(O)(C1CCCCCCCCC1)C1CCCCCCCCC1)C(=O)OC(C1CCCCCCCCC1)C(O)(C1CCCCCCCCC1)C1CCCCCCCCC1. The fourth-order valence-electron chi connectivity index (χ4n) is 16.9. The highest BCUT2D eigenvalue weighted by molar-refractivity contribution is 5.88. The third-order valence-corrected chi connectivity index (χ3v) is 21.2. The summed E-state index contributed by atoms with van der Waals surface area (Å²) in [6, 6.07) is 0. The number of aliphatic hydroxyl groups is 2. The largest absolute Gasteiger partial charge is 0.456 e. The number of esters is 1. The highest BCUT2D eigenvalue weighted by Crippen LogP contribution is 2.51. The minimum Gasteiger partial charge on any atom is -0.456 e. The van der Waals surface area contributed by atoms with E-state index < -0.39 is 17.3 Å². The molecule has 0 aromatic heterocycles. The van der Waals surface area contributed by atoms with E-state index in [1.54, 1.807) is 0 Å². The first-order valence-corrected chi connectivity index (χ1v) is 33.8. The van der Waals surface area contributed by atoms with Gasteiger partial charge in [-0.25, -0.2) is 4.79 Å². The summed E-state index contributed by atoms with van der Waals surface area (Å²) in [5, 5.41) is 29.2. The fourth-order valence-corrected chi connectivity index (χ4v) is 16.9. The van der Waals surface area contributed by atoms with E-state index >= 15 is 4.79 Å². The summed E-state index contributed by atoms with van der Waals surface area (Å²) in [6.45, 7) is 2.12. The lowest BCUT2D eigenvalue weighted by molar-refractivity contribution is -0.202. The van der Waals surface area contributed by atoms with Crippen molar-refractivity contribution in [2.24, 2.45) is 41.4 Å². The third kappa shape index (κ3) is 19.9. The third-order valence-electron chi connectivity index (χ3n) is 21.2. The summed E-state index contributed by atoms with van der Waals surface area (Å²) in [5.41, 5.74) is -1.11. The van der Waals surface area contributed by atoms with Crippen molar-refractivity contribution in [2.45, 2.75) is 371 Å². The van der Waals surface area contributed by atoms with Crippen molar-refractivity contribution in [3.63, 3.8) is 0 Å². The van der Waals surface area contributed by atoms with Gasteiger partial charge in [0, 0.05) is 11.5 Å². The molecule has 6 saturated carbocycles. The van der Waals surface area contributed by atoms with E-state index in [0.29, 0.717) is 5.92 Å². The smallest absolute Gasteiger partial charge is 0.333 e. The van der Waals surface area contributed by atoms with E-state index in [-0.39, 0.29) is 41.5 Å². The number of carbonyl (C=O) groups is 1. The lowest BCUT2D eigenvalue weighted by Crippen LogP contribution is -2.59. The minimum atomic E-state index is -1.02. The van der Waals surface area contributed by atoms with E-state index in [1.807, 2.05) is 0 Å². The van der Waals surface area contributed by atoms with Crippen LogP contribution in [0.2, 0.25) is 0 Å². The molecule has 6 rings (SSSR count). The molecule has 0 aromatic carbocycles. The molecule has 2 atom stereocenters. The first-order chi connectivity index (χ1) is 35.4. The lowest BCUT2D eigenvalue weighted by atomic mass is 9.58. The second kappa shape index (κ2) is 35.5. The topological polar surface area (TPSA) is 66.8 Å². The molecule has 2 N–H and O–H groups in total. The highest BCUT2D eigenvalue weighted by Gasteiger charge is 2.54. The Hall–Kier alpha value is -0.870. The van der Waals surface area contributed by atoms with Crippen molar-refractivity contribution in [1.82, 2.24) is 0 Å². The maximum atomic E-state index is 15.9. The molecule has 6 aliphatic rings. The van der Waals surface area contributed by atoms with Crippen LogP contribution in [-0.4, -0.2) is 33.5 Å². The molecule has 4 nitrogen and oxygen atoms in total. The normalized spacial score (nSPS) is 26.6. The summed E-state index contributed by atoms with van der Waals surface area (Å²) in [5.74, 6) is 1.23. The molecule has 0 bridgehead atoms. The van der Waals surface area contributed by atoms with Gasteiger partial charge in [0.2, 0.25) is 0 Å². The van der Waals surface area contributed by atoms with Gasteiger partial charge in [0.25, 0.3) is 0 Å². The Morgan fingerprint density at radius 3 is 0.806 bits per heavy atom. The molecule has 0 amide bonds. The van der Waals surface area contributed by atoms with Gasteiger partial charge in [-0.1, -0.05) is 276 Å². The van der Waals surface area contributed by atoms with Gasteiger partial charge >= 0.3 is 5.97 Å². The maximum Gasteiger partial charge on any atom is 0.333 e. The quantitative estimate of drug-likeness (QED) is 0.160. The number of hydrogen-bond donors (Lipinski definition) is 2. The van der Waals surface area contributed by atoms with E-state index in [0.717, 1.165) is 69.8 Å². The van der Waals surface area contributed by atoms with Gasteiger partial charge in [-0.2, -0.15) is 0 Å². The molecule has 0 saturated heterocycles. The average molecular weight is 1000 g/mol. The molecule has 72 heavy (non-hydrogen) atoms. The van der Waals surface area contributed by atoms with Crippen LogP contribution in [0.1, 0.15) is 354 Å². The zero-order valence-electron chi connectivity index (χ0n) is 48.1. The molecule has 6 aliphatic carbocycles. The minimum absolute atomic E-state index is 0.0482. The van der Waals surface area contributed by atoms with Crippen molar-refractivity contribution in [2.75, 3.05) is 0 Å². The Morgan fingerprint density at radius 2 is 0.542 bits per heavy atom. The van der Waals surface area contributed by atoms with Crippen molar-refractivity contribution >= 4 is 5.97 Å². The summed E-state index contributed by atoms with van der Waals surface area (Å²) < 4.78 is 7.52. The predicted molar refractivity (Wildman–Crippen MR) is 307 cm³/mol. The predicted octanol–water partition coefficient (Wildman–Crippen LogP) is 20.8. The maximum absolute atomic E-state index is 15.9. The van der Waals surface area contributed by atoms with Crippen LogP contribution in [0, 0.1) is 41.4 Å². The van der Waals surface area contributed by atoms with Gasteiger partial charge in [-0.15, -0.1) is 0 Å². The van der Waals surface area contributed by atoms with Crippen LogP contribution in [-0.2, 0) is 9.53 Å². The molecule has 4 heteroatoms. The number of rotatable bonds is 11. The van der Waals surface area contributed by atoms with Crippen LogP contribution in [0.15, 0.2) is 11.6 Å². The second-order valence-corrected chi connectivity index (χ2v) is 26.6. The molecule has 2 unspecified atom stereocenters. The molecule has 418 valence electrons. The van der Waals surface area contributed by atoms with Gasteiger partial charge in [0.05, 0.1) is 5.60 Å². The van der Waals surface area contributed by atoms with E-state index in [4.69, 9.17) is 4.74 Å². The lowest BCUT2D eigenvalue weighted by Gasteiger charge is -2.51. The summed E-state index contributed by atoms with van der Waals surface area (Å²) in [6.07, 6.45) is 69.1. The number of hydrogen-bond acceptors (Lipinski definition) is 4. The van der Waals surface area contributed by atoms with Crippen LogP contribution in [0.4, 0.5) is 0 Å². The van der Waals surface area contributed by atoms with Gasteiger partial charge < -0.3 is 14.9 Å². The Balaban J connectivity index is 1.47. The second-order valence-electron chi connectivity index (χ2n) is 26.6. The highest BCUT2D eigenvalue weighted by atomic mass is 16.6. The Morgan fingerprint density at radius 1 is 0.333 bits per heavy atom. The standard InChI is InChI=1S/C68H122O4/c1-57(56-64(58-44-32-20-8-2-9-21-33-45-58)67(70,60-48-36-24-12-4-13-25-37-49-60)61-50-38-26-14-5-15-27-39-51-61)66(69)72-65(59-46-34-22-10-3-11-23-35-47-59)68(71,62-52-40-28-16-6-17-29-41-53-62)63-54-42-30-18-7-19-31-43-55-63/h56,58-65,70-71H,2-55H2,1H3. The molecular formula is C68H122O4. The van der Waals surface area contributed by atoms with E-state index in [2.05, 4.69) is 13.0 Å². The Kier molecular flexibility index (Phi) is 29.8. The van der Waals surface area contributed by atoms with Crippen molar-refractivity contribution in [3.8, 4) is 0 Å². The summed E-state index contributed by atoms with van der Waals surface area (Å²) in [7, 11) is 0. The average Bonchev–Trinajstić information content (AvgIpc) is 3.41. The molecular weight excluding hydrogens is 881 g/mol. The van der Waals surface area contributed by atoms with Crippen molar-refractivity contribution in [3.05, 3.63) is 11.6 Å². The molecule has 0 heterocycles. The number of ether oxygens (including phenoxy) is 1. The molecule has 0 spiro atoms. The van der Waals surface area contributed by atoms with Crippen molar-refractivity contribution < 1.29 is 19.7 Å². The van der Waals surface area contributed by atoms with Gasteiger partial charge in [0.1, 0.15) is 11.7 Å². The molecule has 0 radical (unpaired) electrons. The Labute approximate surface area is 447 Å². The van der Waals surface area contributed by atoms with Crippen LogP contribution < -0.4 is 0 Å². The molecule has 0 aliphatic heterocycles. The van der Waals surface area contributed by atoms with Crippen LogP contribution in [0.3, 0.4) is 0 Å². The van der Waals surface area contributed by atoms with Crippen LogP contribution in [0.25, 0.3) is 0 Å². The van der Waals surface area contributed by atoms with E-state index in [9.17, 15) is 10.2 Å². The summed E-state index contributed by atoms with van der Waals surface area (Å²) in [4.78, 5) is 15.9. The van der Waals surface area contributed by atoms with Gasteiger partial charge in [-0.3, -0.25) is 0 Å². The van der Waals surface area contributed by atoms with Crippen LogP contribution >= 0.6 is 0 Å². The number of carbonyl (C=O) groups excluding carboxylic acids is 1. The Bertz CT molecular complexity index is 1310.